The van der Waals surface area contributed by atoms with Crippen molar-refractivity contribution in [2.24, 2.45) is 0 Å². The van der Waals surface area contributed by atoms with E-state index in [1.54, 1.807) is 13.3 Å². The Morgan fingerprint density at radius 2 is 2.33 bits per heavy atom. The minimum Gasteiger partial charge on any atom is -0.383 e. The van der Waals surface area contributed by atoms with Crippen molar-refractivity contribution in [3.05, 3.63) is 35.0 Å². The number of hydrogen-bond acceptors (Lipinski definition) is 6. The number of fused-ring (bicyclic) bond motifs is 1. The molecule has 1 atom stereocenters. The summed E-state index contributed by atoms with van der Waals surface area (Å²) in [5.74, 6) is 0.785. The van der Waals surface area contributed by atoms with E-state index in [1.165, 1.54) is 0 Å². The largest absolute Gasteiger partial charge is 0.383 e. The molecule has 1 aliphatic rings. The van der Waals surface area contributed by atoms with E-state index in [0.717, 1.165) is 29.3 Å². The number of nitrogens with zero attached hydrogens (tertiary/aromatic N) is 4. The van der Waals surface area contributed by atoms with Crippen LogP contribution in [0.1, 0.15) is 28.8 Å². The van der Waals surface area contributed by atoms with Gasteiger partial charge >= 0.3 is 0 Å². The fourth-order valence-electron chi connectivity index (χ4n) is 3.02. The van der Waals surface area contributed by atoms with Crippen molar-refractivity contribution < 1.29 is 14.1 Å². The van der Waals surface area contributed by atoms with Crippen LogP contribution in [0.25, 0.3) is 0 Å². The summed E-state index contributed by atoms with van der Waals surface area (Å²) in [6.45, 7) is 6.88. The fourth-order valence-corrected chi connectivity index (χ4v) is 3.02. The third-order valence-electron chi connectivity index (χ3n) is 4.34. The Kier molecular flexibility index (Phi) is 4.96. The van der Waals surface area contributed by atoms with E-state index in [9.17, 15) is 4.79 Å². The Morgan fingerprint density at radius 3 is 3.04 bits per heavy atom. The molecule has 1 N–H and O–H groups in total. The van der Waals surface area contributed by atoms with Crippen LogP contribution in [0, 0.1) is 13.8 Å². The maximum Gasteiger partial charge on any atom is 0.246 e. The maximum absolute atomic E-state index is 12.5. The van der Waals surface area contributed by atoms with Gasteiger partial charge in [0.15, 0.2) is 0 Å². The lowest BCUT2D eigenvalue weighted by Crippen LogP contribution is -2.45. The van der Waals surface area contributed by atoms with Gasteiger partial charge in [-0.3, -0.25) is 14.4 Å². The SMILES string of the molecule is COCCNC(=O)[C@@H]1CN(Cc2c(C)noc2C)Cc2ccnn21. The zero-order valence-corrected chi connectivity index (χ0v) is 14.3. The van der Waals surface area contributed by atoms with Gasteiger partial charge in [-0.2, -0.15) is 5.10 Å². The van der Waals surface area contributed by atoms with Crippen LogP contribution in [0.15, 0.2) is 16.8 Å². The summed E-state index contributed by atoms with van der Waals surface area (Å²) in [5.41, 5.74) is 3.01. The Morgan fingerprint density at radius 1 is 1.50 bits per heavy atom. The molecule has 0 fully saturated rings. The number of ether oxygens (including phenoxy) is 1. The lowest BCUT2D eigenvalue weighted by molar-refractivity contribution is -0.126. The van der Waals surface area contributed by atoms with Crippen LogP contribution < -0.4 is 5.32 Å². The predicted octanol–water partition coefficient (Wildman–Crippen LogP) is 0.807. The highest BCUT2D eigenvalue weighted by Gasteiger charge is 2.31. The Labute approximate surface area is 140 Å². The number of rotatable bonds is 6. The molecular weight excluding hydrogens is 310 g/mol. The number of nitrogens with one attached hydrogen (secondary N) is 1. The zero-order valence-electron chi connectivity index (χ0n) is 14.3. The number of carbonyl (C=O) groups is 1. The first-order chi connectivity index (χ1) is 11.6. The van der Waals surface area contributed by atoms with Gasteiger partial charge in [0.2, 0.25) is 5.91 Å². The highest BCUT2D eigenvalue weighted by Crippen LogP contribution is 2.24. The Balaban J connectivity index is 1.74. The molecule has 8 nitrogen and oxygen atoms in total. The molecule has 0 unspecified atom stereocenters. The molecule has 0 aromatic carbocycles. The van der Waals surface area contributed by atoms with Gasteiger partial charge < -0.3 is 14.6 Å². The lowest BCUT2D eigenvalue weighted by Gasteiger charge is -2.33. The van der Waals surface area contributed by atoms with Crippen molar-refractivity contribution in [1.82, 2.24) is 25.2 Å². The summed E-state index contributed by atoms with van der Waals surface area (Å²) >= 11 is 0. The normalized spacial score (nSPS) is 17.7. The summed E-state index contributed by atoms with van der Waals surface area (Å²) in [6.07, 6.45) is 1.74. The van der Waals surface area contributed by atoms with Gasteiger partial charge in [-0.15, -0.1) is 0 Å². The summed E-state index contributed by atoms with van der Waals surface area (Å²) in [6, 6.07) is 1.61. The molecule has 0 saturated heterocycles. The van der Waals surface area contributed by atoms with Crippen LogP contribution >= 0.6 is 0 Å². The molecule has 3 rings (SSSR count). The maximum atomic E-state index is 12.5. The first kappa shape index (κ1) is 16.7. The Hall–Kier alpha value is -2.19. The van der Waals surface area contributed by atoms with E-state index < -0.39 is 0 Å². The molecule has 1 aliphatic heterocycles. The van der Waals surface area contributed by atoms with E-state index in [4.69, 9.17) is 9.26 Å². The van der Waals surface area contributed by atoms with Crippen LogP contribution in [0.3, 0.4) is 0 Å². The molecule has 0 bridgehead atoms. The number of amides is 1. The first-order valence-corrected chi connectivity index (χ1v) is 8.03. The van der Waals surface area contributed by atoms with Crippen LogP contribution in [-0.4, -0.2) is 52.6 Å². The van der Waals surface area contributed by atoms with Crippen LogP contribution in [-0.2, 0) is 22.6 Å². The second kappa shape index (κ2) is 7.14. The third-order valence-corrected chi connectivity index (χ3v) is 4.34. The predicted molar refractivity (Wildman–Crippen MR) is 86.2 cm³/mol. The number of hydrogen-bond donors (Lipinski definition) is 1. The van der Waals surface area contributed by atoms with E-state index in [1.807, 2.05) is 24.6 Å². The lowest BCUT2D eigenvalue weighted by atomic mass is 10.1. The number of aromatic nitrogens is 3. The molecule has 130 valence electrons. The van der Waals surface area contributed by atoms with Crippen molar-refractivity contribution >= 4 is 5.91 Å². The average molecular weight is 333 g/mol. The molecule has 2 aromatic heterocycles. The van der Waals surface area contributed by atoms with E-state index in [0.29, 0.717) is 26.2 Å². The quantitative estimate of drug-likeness (QED) is 0.787. The van der Waals surface area contributed by atoms with Crippen molar-refractivity contribution in [3.8, 4) is 0 Å². The van der Waals surface area contributed by atoms with Crippen molar-refractivity contribution in [1.29, 1.82) is 0 Å². The average Bonchev–Trinajstić information content (AvgIpc) is 3.16. The standard InChI is InChI=1S/C16H23N5O3/c1-11-14(12(2)24-19-11)9-20-8-13-4-5-18-21(13)15(10-20)16(22)17-6-7-23-3/h4-5,15H,6-10H2,1-3H3,(H,17,22)/t15-/m0/s1. The number of methoxy groups -OCH3 is 1. The summed E-state index contributed by atoms with van der Waals surface area (Å²) < 4.78 is 12.0. The number of aryl methyl sites for hydroxylation is 2. The molecule has 8 heteroatoms. The summed E-state index contributed by atoms with van der Waals surface area (Å²) in [5, 5.41) is 11.2. The van der Waals surface area contributed by atoms with Gasteiger partial charge in [-0.05, 0) is 19.9 Å². The first-order valence-electron chi connectivity index (χ1n) is 8.03. The summed E-state index contributed by atoms with van der Waals surface area (Å²) in [7, 11) is 1.61. The highest BCUT2D eigenvalue weighted by atomic mass is 16.5. The molecule has 24 heavy (non-hydrogen) atoms. The van der Waals surface area contributed by atoms with Gasteiger partial charge in [-0.1, -0.05) is 5.16 Å². The van der Waals surface area contributed by atoms with Gasteiger partial charge in [0.25, 0.3) is 0 Å². The van der Waals surface area contributed by atoms with E-state index in [-0.39, 0.29) is 11.9 Å². The smallest absolute Gasteiger partial charge is 0.246 e. The molecule has 3 heterocycles. The molecule has 0 aliphatic carbocycles. The molecule has 0 saturated carbocycles. The fraction of sp³-hybridized carbons (Fsp3) is 0.562. The van der Waals surface area contributed by atoms with Gasteiger partial charge in [0.05, 0.1) is 18.0 Å². The zero-order chi connectivity index (χ0) is 17.1. The van der Waals surface area contributed by atoms with Crippen molar-refractivity contribution in [3.63, 3.8) is 0 Å². The van der Waals surface area contributed by atoms with Crippen molar-refractivity contribution in [2.45, 2.75) is 33.0 Å². The summed E-state index contributed by atoms with van der Waals surface area (Å²) in [4.78, 5) is 14.8. The van der Waals surface area contributed by atoms with E-state index >= 15 is 0 Å². The Bertz CT molecular complexity index is 689. The van der Waals surface area contributed by atoms with Gasteiger partial charge in [0.1, 0.15) is 11.8 Å². The highest BCUT2D eigenvalue weighted by molar-refractivity contribution is 5.80. The molecule has 1 amide bonds. The molecule has 0 spiro atoms. The van der Waals surface area contributed by atoms with Crippen LogP contribution in [0.2, 0.25) is 0 Å². The molecule has 2 aromatic rings. The van der Waals surface area contributed by atoms with Gasteiger partial charge in [0, 0.05) is 45.0 Å². The van der Waals surface area contributed by atoms with Crippen molar-refractivity contribution in [2.75, 3.05) is 26.8 Å². The third kappa shape index (κ3) is 3.34. The van der Waals surface area contributed by atoms with E-state index in [2.05, 4.69) is 20.5 Å². The monoisotopic (exact) mass is 333 g/mol. The minimum absolute atomic E-state index is 0.0412. The molecule has 0 radical (unpaired) electrons. The van der Waals surface area contributed by atoms with Crippen LogP contribution in [0.4, 0.5) is 0 Å². The molecular formula is C16H23N5O3. The number of carbonyl (C=O) groups excluding carboxylic acids is 1. The topological polar surface area (TPSA) is 85.4 Å². The second-order valence-electron chi connectivity index (χ2n) is 6.04. The van der Waals surface area contributed by atoms with Crippen LogP contribution in [0.5, 0.6) is 0 Å². The van der Waals surface area contributed by atoms with Gasteiger partial charge in [-0.25, -0.2) is 0 Å². The minimum atomic E-state index is -0.346. The second-order valence-corrected chi connectivity index (χ2v) is 6.04.